The van der Waals surface area contributed by atoms with Crippen molar-refractivity contribution in [1.29, 1.82) is 0 Å². The Kier molecular flexibility index (Phi) is 6.51. The van der Waals surface area contributed by atoms with E-state index < -0.39 is 11.9 Å². The molecule has 0 aliphatic carbocycles. The first kappa shape index (κ1) is 16.0. The van der Waals surface area contributed by atoms with Crippen LogP contribution in [0.1, 0.15) is 23.2 Å². The molecule has 0 fully saturated rings. The summed E-state index contributed by atoms with van der Waals surface area (Å²) in [7, 11) is 0. The van der Waals surface area contributed by atoms with Crippen LogP contribution in [0.15, 0.2) is 28.7 Å². The number of nitrogens with one attached hydrogen (secondary N) is 3. The van der Waals surface area contributed by atoms with Gasteiger partial charge < -0.3 is 11.1 Å². The maximum Gasteiger partial charge on any atom is 0.312 e. The number of hydrazine groups is 1. The van der Waals surface area contributed by atoms with Crippen LogP contribution in [0, 0.1) is 0 Å². The summed E-state index contributed by atoms with van der Waals surface area (Å²) in [4.78, 5) is 33.5. The monoisotopic (exact) mass is 342 g/mol. The number of nitrogens with two attached hydrogens (primary N) is 1. The molecule has 108 valence electrons. The lowest BCUT2D eigenvalue weighted by Crippen LogP contribution is -2.41. The molecule has 0 aliphatic heterocycles. The van der Waals surface area contributed by atoms with Crippen molar-refractivity contribution in [2.75, 3.05) is 6.54 Å². The number of benzene rings is 1. The van der Waals surface area contributed by atoms with Crippen molar-refractivity contribution < 1.29 is 14.4 Å². The minimum atomic E-state index is -0.631. The van der Waals surface area contributed by atoms with E-state index in [4.69, 9.17) is 5.73 Å². The summed E-state index contributed by atoms with van der Waals surface area (Å²) in [5.41, 5.74) is 9.90. The molecule has 0 unspecified atom stereocenters. The predicted molar refractivity (Wildman–Crippen MR) is 76.6 cm³/mol. The molecule has 4 amide bonds. The molecule has 0 bridgehead atoms. The first-order valence-corrected chi connectivity index (χ1v) is 6.66. The average molecular weight is 343 g/mol. The number of hydrogen-bond acceptors (Lipinski definition) is 3. The largest absolute Gasteiger partial charge is 0.352 e. The lowest BCUT2D eigenvalue weighted by molar-refractivity contribution is -0.121. The van der Waals surface area contributed by atoms with Crippen molar-refractivity contribution in [3.05, 3.63) is 34.3 Å². The highest BCUT2D eigenvalue weighted by Gasteiger charge is 2.07. The number of carbonyl (C=O) groups excluding carboxylic acids is 3. The Morgan fingerprint density at radius 2 is 1.75 bits per heavy atom. The van der Waals surface area contributed by atoms with Gasteiger partial charge >= 0.3 is 6.03 Å². The third-order valence-electron chi connectivity index (χ3n) is 2.30. The van der Waals surface area contributed by atoms with E-state index in [2.05, 4.69) is 32.1 Å². The van der Waals surface area contributed by atoms with Gasteiger partial charge in [-0.25, -0.2) is 4.79 Å². The second-order valence-electron chi connectivity index (χ2n) is 3.90. The molecule has 1 aromatic rings. The molecule has 0 heterocycles. The van der Waals surface area contributed by atoms with E-state index in [1.807, 2.05) is 0 Å². The van der Waals surface area contributed by atoms with Crippen LogP contribution in [-0.2, 0) is 4.79 Å². The van der Waals surface area contributed by atoms with Gasteiger partial charge in [0.15, 0.2) is 0 Å². The van der Waals surface area contributed by atoms with Gasteiger partial charge in [-0.2, -0.15) is 0 Å². The molecule has 0 aromatic heterocycles. The summed E-state index contributed by atoms with van der Waals surface area (Å²) < 4.78 is 0.861. The molecule has 1 rings (SSSR count). The van der Waals surface area contributed by atoms with Crippen LogP contribution in [0.5, 0.6) is 0 Å². The van der Waals surface area contributed by atoms with Gasteiger partial charge in [0.25, 0.3) is 5.91 Å². The predicted octanol–water partition coefficient (Wildman–Crippen LogP) is 0.659. The lowest BCUT2D eigenvalue weighted by Gasteiger charge is -2.07. The topological polar surface area (TPSA) is 113 Å². The summed E-state index contributed by atoms with van der Waals surface area (Å²) in [5, 5.41) is 2.36. The molecule has 0 spiro atoms. The summed E-state index contributed by atoms with van der Waals surface area (Å²) in [6.07, 6.45) is 0.601. The lowest BCUT2D eigenvalue weighted by atomic mass is 10.2. The minimum Gasteiger partial charge on any atom is -0.352 e. The quantitative estimate of drug-likeness (QED) is 0.465. The fourth-order valence-electron chi connectivity index (χ4n) is 1.32. The second-order valence-corrected chi connectivity index (χ2v) is 4.82. The normalized spacial score (nSPS) is 9.65. The summed E-state index contributed by atoms with van der Waals surface area (Å²) in [5.74, 6) is -0.747. The van der Waals surface area contributed by atoms with Crippen LogP contribution in [0.4, 0.5) is 4.79 Å². The summed E-state index contributed by atoms with van der Waals surface area (Å²) in [6.45, 7) is 0.309. The highest BCUT2D eigenvalue weighted by molar-refractivity contribution is 9.10. The van der Waals surface area contributed by atoms with E-state index in [-0.39, 0.29) is 12.3 Å². The van der Waals surface area contributed by atoms with Gasteiger partial charge in [0, 0.05) is 23.0 Å². The van der Waals surface area contributed by atoms with Crippen LogP contribution in [-0.4, -0.2) is 24.4 Å². The molecular weight excluding hydrogens is 328 g/mol. The number of rotatable bonds is 5. The Balaban J connectivity index is 2.25. The van der Waals surface area contributed by atoms with Gasteiger partial charge in [-0.05, 0) is 30.7 Å². The van der Waals surface area contributed by atoms with Crippen molar-refractivity contribution in [2.24, 2.45) is 5.73 Å². The minimum absolute atomic E-state index is 0.168. The molecule has 7 nitrogen and oxygen atoms in total. The van der Waals surface area contributed by atoms with Gasteiger partial charge in [0.1, 0.15) is 0 Å². The van der Waals surface area contributed by atoms with Crippen molar-refractivity contribution in [2.45, 2.75) is 12.8 Å². The van der Waals surface area contributed by atoms with Crippen LogP contribution in [0.2, 0.25) is 0 Å². The number of amides is 4. The van der Waals surface area contributed by atoms with Crippen molar-refractivity contribution in [3.8, 4) is 0 Å². The molecule has 20 heavy (non-hydrogen) atoms. The van der Waals surface area contributed by atoms with Gasteiger partial charge in [-0.15, -0.1) is 0 Å². The Bertz CT molecular complexity index is 490. The van der Waals surface area contributed by atoms with Gasteiger partial charge in [0.05, 0.1) is 0 Å². The Labute approximate surface area is 124 Å². The standard InChI is InChI=1S/C12H15BrN4O3/c13-9-5-3-8(4-6-9)11(19)17-16-10(18)2-1-7-15-12(14)20/h3-6H,1-2,7H2,(H,16,18)(H,17,19)(H3,14,15,20). The number of hydrogen-bond donors (Lipinski definition) is 4. The maximum atomic E-state index is 11.7. The molecule has 0 aliphatic rings. The third-order valence-corrected chi connectivity index (χ3v) is 2.83. The number of halogens is 1. The summed E-state index contributed by atoms with van der Waals surface area (Å²) in [6, 6.07) is 6.08. The van der Waals surface area contributed by atoms with Crippen molar-refractivity contribution in [1.82, 2.24) is 16.2 Å². The SMILES string of the molecule is NC(=O)NCCCC(=O)NNC(=O)c1ccc(Br)cc1. The first-order chi connectivity index (χ1) is 9.49. The number of primary amides is 1. The Morgan fingerprint density at radius 3 is 2.35 bits per heavy atom. The van der Waals surface area contributed by atoms with Crippen LogP contribution < -0.4 is 21.9 Å². The third kappa shape index (κ3) is 6.19. The molecular formula is C12H15BrN4O3. The zero-order valence-electron chi connectivity index (χ0n) is 10.6. The number of carbonyl (C=O) groups is 3. The van der Waals surface area contributed by atoms with E-state index in [1.165, 1.54) is 0 Å². The zero-order valence-corrected chi connectivity index (χ0v) is 12.2. The van der Waals surface area contributed by atoms with E-state index in [1.54, 1.807) is 24.3 Å². The molecule has 0 saturated heterocycles. The number of urea groups is 1. The second kappa shape index (κ2) is 8.16. The molecule has 5 N–H and O–H groups in total. The highest BCUT2D eigenvalue weighted by Crippen LogP contribution is 2.10. The van der Waals surface area contributed by atoms with E-state index in [0.29, 0.717) is 18.5 Å². The van der Waals surface area contributed by atoms with Crippen LogP contribution >= 0.6 is 15.9 Å². The van der Waals surface area contributed by atoms with E-state index >= 15 is 0 Å². The molecule has 0 atom stereocenters. The molecule has 0 saturated carbocycles. The van der Waals surface area contributed by atoms with Crippen molar-refractivity contribution in [3.63, 3.8) is 0 Å². The fraction of sp³-hybridized carbons (Fsp3) is 0.250. The molecule has 0 radical (unpaired) electrons. The maximum absolute atomic E-state index is 11.7. The van der Waals surface area contributed by atoms with Crippen molar-refractivity contribution >= 4 is 33.8 Å². The van der Waals surface area contributed by atoms with Gasteiger partial charge in [-0.1, -0.05) is 15.9 Å². The average Bonchev–Trinajstić information content (AvgIpc) is 2.41. The van der Waals surface area contributed by atoms with Crippen LogP contribution in [0.3, 0.4) is 0 Å². The Morgan fingerprint density at radius 1 is 1.10 bits per heavy atom. The molecule has 1 aromatic carbocycles. The van der Waals surface area contributed by atoms with Crippen LogP contribution in [0.25, 0.3) is 0 Å². The Hall–Kier alpha value is -2.09. The first-order valence-electron chi connectivity index (χ1n) is 5.87. The highest BCUT2D eigenvalue weighted by atomic mass is 79.9. The van der Waals surface area contributed by atoms with Gasteiger partial charge in [-0.3, -0.25) is 20.4 Å². The van der Waals surface area contributed by atoms with E-state index in [9.17, 15) is 14.4 Å². The van der Waals surface area contributed by atoms with E-state index in [0.717, 1.165) is 4.47 Å². The summed E-state index contributed by atoms with van der Waals surface area (Å²) >= 11 is 3.26. The van der Waals surface area contributed by atoms with Gasteiger partial charge in [0.2, 0.25) is 5.91 Å². The fourth-order valence-corrected chi connectivity index (χ4v) is 1.59. The zero-order chi connectivity index (χ0) is 15.0. The smallest absolute Gasteiger partial charge is 0.312 e. The molecule has 8 heteroatoms.